The number of hydrogen-bond acceptors (Lipinski definition) is 4. The molecule has 0 aromatic heterocycles. The Bertz CT molecular complexity index is 675. The van der Waals surface area contributed by atoms with Crippen molar-refractivity contribution in [2.45, 2.75) is 45.2 Å². The number of nitrogens with zero attached hydrogens (tertiary/aromatic N) is 2. The summed E-state index contributed by atoms with van der Waals surface area (Å²) in [5.41, 5.74) is 1.60. The highest BCUT2D eigenvalue weighted by molar-refractivity contribution is 5.92. The number of benzene rings is 1. The lowest BCUT2D eigenvalue weighted by Crippen LogP contribution is -2.51. The fourth-order valence-electron chi connectivity index (χ4n) is 3.26. The molecule has 1 aliphatic heterocycles. The number of anilines is 1. The lowest BCUT2D eigenvalue weighted by molar-refractivity contribution is -0.142. The second-order valence-corrected chi connectivity index (χ2v) is 7.16. The molecule has 3 amide bonds. The molecule has 148 valence electrons. The second kappa shape index (κ2) is 10.1. The van der Waals surface area contributed by atoms with E-state index >= 15 is 0 Å². The first-order valence-corrected chi connectivity index (χ1v) is 9.51. The van der Waals surface area contributed by atoms with Crippen molar-refractivity contribution in [3.63, 3.8) is 0 Å². The molecule has 2 rings (SSSR count). The van der Waals surface area contributed by atoms with Gasteiger partial charge in [-0.05, 0) is 51.1 Å². The highest BCUT2D eigenvalue weighted by Crippen LogP contribution is 2.18. The lowest BCUT2D eigenvalue weighted by Gasteiger charge is -2.34. The Morgan fingerprint density at radius 1 is 1.22 bits per heavy atom. The Balaban J connectivity index is 1.93. The molecule has 0 aliphatic carbocycles. The van der Waals surface area contributed by atoms with Gasteiger partial charge in [0.25, 0.3) is 0 Å². The van der Waals surface area contributed by atoms with Crippen LogP contribution in [0.15, 0.2) is 24.3 Å². The molecule has 0 saturated carbocycles. The quantitative estimate of drug-likeness (QED) is 0.759. The minimum Gasteiger partial charge on any atom is -0.350 e. The number of likely N-dealkylation sites (tertiary alicyclic amines) is 1. The number of hydrogen-bond donors (Lipinski definition) is 2. The average Bonchev–Trinajstić information content (AvgIpc) is 2.65. The Hall–Kier alpha value is -2.41. The molecule has 2 N–H and O–H groups in total. The van der Waals surface area contributed by atoms with E-state index in [-0.39, 0.29) is 23.8 Å². The summed E-state index contributed by atoms with van der Waals surface area (Å²) in [5.74, 6) is -0.170. The first kappa shape index (κ1) is 20.9. The van der Waals surface area contributed by atoms with Gasteiger partial charge in [0.15, 0.2) is 0 Å². The van der Waals surface area contributed by atoms with Crippen LogP contribution in [0.2, 0.25) is 0 Å². The van der Waals surface area contributed by atoms with Gasteiger partial charge in [-0.3, -0.25) is 14.4 Å². The van der Waals surface area contributed by atoms with E-state index in [9.17, 15) is 14.4 Å². The summed E-state index contributed by atoms with van der Waals surface area (Å²) < 4.78 is 0. The van der Waals surface area contributed by atoms with Gasteiger partial charge in [0, 0.05) is 25.2 Å². The van der Waals surface area contributed by atoms with Crippen molar-refractivity contribution in [1.29, 1.82) is 0 Å². The van der Waals surface area contributed by atoms with E-state index < -0.39 is 0 Å². The topological polar surface area (TPSA) is 81.8 Å². The second-order valence-electron chi connectivity index (χ2n) is 7.16. The zero-order chi connectivity index (χ0) is 19.8. The third kappa shape index (κ3) is 6.36. The molecule has 1 atom stereocenters. The zero-order valence-corrected chi connectivity index (χ0v) is 16.5. The fourth-order valence-corrected chi connectivity index (χ4v) is 3.26. The van der Waals surface area contributed by atoms with Gasteiger partial charge in [-0.15, -0.1) is 0 Å². The Morgan fingerprint density at radius 3 is 2.70 bits per heavy atom. The van der Waals surface area contributed by atoms with Crippen molar-refractivity contribution in [2.24, 2.45) is 0 Å². The number of rotatable bonds is 7. The predicted molar refractivity (Wildman–Crippen MR) is 105 cm³/mol. The number of carbonyl (C=O) groups is 3. The van der Waals surface area contributed by atoms with E-state index in [1.165, 1.54) is 0 Å². The molecule has 1 aromatic rings. The van der Waals surface area contributed by atoms with Crippen molar-refractivity contribution in [2.75, 3.05) is 32.5 Å². The summed E-state index contributed by atoms with van der Waals surface area (Å²) in [7, 11) is 3.67. The molecular weight excluding hydrogens is 344 g/mol. The van der Waals surface area contributed by atoms with E-state index in [0.717, 1.165) is 18.4 Å². The molecule has 1 aliphatic rings. The van der Waals surface area contributed by atoms with Crippen LogP contribution >= 0.6 is 0 Å². The monoisotopic (exact) mass is 374 g/mol. The summed E-state index contributed by atoms with van der Waals surface area (Å²) in [5, 5.41) is 5.78. The molecule has 7 heteroatoms. The van der Waals surface area contributed by atoms with E-state index in [0.29, 0.717) is 38.2 Å². The van der Waals surface area contributed by atoms with Crippen LogP contribution in [0.1, 0.15) is 38.2 Å². The minimum atomic E-state index is -0.380. The maximum Gasteiger partial charge on any atom is 0.243 e. The SMILES string of the molecule is CCC(=O)N1CCCCC1C(=O)NCc1cccc(NC(=O)CN(C)C)c1. The number of nitrogens with one attached hydrogen (secondary N) is 2. The van der Waals surface area contributed by atoms with Gasteiger partial charge in [0.1, 0.15) is 6.04 Å². The van der Waals surface area contributed by atoms with Crippen LogP contribution in [0.4, 0.5) is 5.69 Å². The minimum absolute atomic E-state index is 0.0282. The van der Waals surface area contributed by atoms with Gasteiger partial charge >= 0.3 is 0 Å². The molecule has 0 spiro atoms. The van der Waals surface area contributed by atoms with Crippen LogP contribution in [0, 0.1) is 0 Å². The van der Waals surface area contributed by atoms with Crippen LogP contribution in [-0.2, 0) is 20.9 Å². The first-order valence-electron chi connectivity index (χ1n) is 9.51. The summed E-state index contributed by atoms with van der Waals surface area (Å²) in [6.45, 7) is 3.14. The van der Waals surface area contributed by atoms with Gasteiger partial charge in [0.2, 0.25) is 17.7 Å². The molecule has 1 aromatic carbocycles. The molecule has 1 unspecified atom stereocenters. The van der Waals surface area contributed by atoms with Gasteiger partial charge in [0.05, 0.1) is 6.54 Å². The van der Waals surface area contributed by atoms with E-state index in [1.807, 2.05) is 45.3 Å². The molecule has 0 radical (unpaired) electrons. The smallest absolute Gasteiger partial charge is 0.243 e. The summed E-state index contributed by atoms with van der Waals surface area (Å²) in [4.78, 5) is 40.1. The normalized spacial score (nSPS) is 16.9. The van der Waals surface area contributed by atoms with Crippen LogP contribution in [-0.4, -0.2) is 60.7 Å². The van der Waals surface area contributed by atoms with Crippen LogP contribution in [0.25, 0.3) is 0 Å². The Labute approximate surface area is 161 Å². The number of likely N-dealkylation sites (N-methyl/N-ethyl adjacent to an activating group) is 1. The van der Waals surface area contributed by atoms with Crippen molar-refractivity contribution < 1.29 is 14.4 Å². The van der Waals surface area contributed by atoms with Crippen molar-refractivity contribution >= 4 is 23.4 Å². The molecule has 7 nitrogen and oxygen atoms in total. The number of piperidine rings is 1. The van der Waals surface area contributed by atoms with Gasteiger partial charge in [-0.1, -0.05) is 19.1 Å². The van der Waals surface area contributed by atoms with Gasteiger partial charge in [-0.2, -0.15) is 0 Å². The van der Waals surface area contributed by atoms with Gasteiger partial charge in [-0.25, -0.2) is 0 Å². The number of carbonyl (C=O) groups excluding carboxylic acids is 3. The zero-order valence-electron chi connectivity index (χ0n) is 16.5. The molecule has 1 saturated heterocycles. The third-order valence-electron chi connectivity index (χ3n) is 4.57. The van der Waals surface area contributed by atoms with Crippen molar-refractivity contribution in [3.8, 4) is 0 Å². The van der Waals surface area contributed by atoms with Gasteiger partial charge < -0.3 is 20.4 Å². The first-order chi connectivity index (χ1) is 12.9. The Morgan fingerprint density at radius 2 is 2.00 bits per heavy atom. The van der Waals surface area contributed by atoms with E-state index in [2.05, 4.69) is 10.6 Å². The third-order valence-corrected chi connectivity index (χ3v) is 4.57. The van der Waals surface area contributed by atoms with E-state index in [1.54, 1.807) is 9.80 Å². The van der Waals surface area contributed by atoms with Crippen molar-refractivity contribution in [1.82, 2.24) is 15.1 Å². The average molecular weight is 374 g/mol. The predicted octanol–water partition coefficient (Wildman–Crippen LogP) is 1.59. The molecular formula is C20H30N4O3. The lowest BCUT2D eigenvalue weighted by atomic mass is 10.0. The van der Waals surface area contributed by atoms with Crippen LogP contribution < -0.4 is 10.6 Å². The summed E-state index contributed by atoms with van der Waals surface area (Å²) in [6, 6.07) is 7.04. The summed E-state index contributed by atoms with van der Waals surface area (Å²) >= 11 is 0. The van der Waals surface area contributed by atoms with Crippen molar-refractivity contribution in [3.05, 3.63) is 29.8 Å². The Kier molecular flexibility index (Phi) is 7.79. The highest BCUT2D eigenvalue weighted by atomic mass is 16.2. The molecule has 27 heavy (non-hydrogen) atoms. The summed E-state index contributed by atoms with van der Waals surface area (Å²) in [6.07, 6.45) is 3.03. The number of amides is 3. The van der Waals surface area contributed by atoms with E-state index in [4.69, 9.17) is 0 Å². The molecule has 0 bridgehead atoms. The van der Waals surface area contributed by atoms with Crippen LogP contribution in [0.5, 0.6) is 0 Å². The van der Waals surface area contributed by atoms with Crippen LogP contribution in [0.3, 0.4) is 0 Å². The maximum atomic E-state index is 12.6. The fraction of sp³-hybridized carbons (Fsp3) is 0.550. The molecule has 1 heterocycles. The largest absolute Gasteiger partial charge is 0.350 e. The maximum absolute atomic E-state index is 12.6. The molecule has 1 fully saturated rings. The standard InChI is InChI=1S/C20H30N4O3/c1-4-19(26)24-11-6-5-10-17(24)20(27)21-13-15-8-7-9-16(12-15)22-18(25)14-23(2)3/h7-9,12,17H,4-6,10-11,13-14H2,1-3H3,(H,21,27)(H,22,25). The highest BCUT2D eigenvalue weighted by Gasteiger charge is 2.30.